The number of carbonyl (C=O) groups is 1. The fourth-order valence-electron chi connectivity index (χ4n) is 2.15. The van der Waals surface area contributed by atoms with Crippen molar-refractivity contribution in [3.63, 3.8) is 0 Å². The van der Waals surface area contributed by atoms with Crippen molar-refractivity contribution in [2.45, 2.75) is 50.7 Å². The average Bonchev–Trinajstić information content (AvgIpc) is 2.25. The van der Waals surface area contributed by atoms with E-state index in [1.54, 1.807) is 0 Å². The molecule has 0 aromatic rings. The molecule has 2 atom stereocenters. The molecular formula is C11H17ClF3NO. The Kier molecular flexibility index (Phi) is 5.56. The number of hydrogen-bond acceptors (Lipinski definition) is 1. The smallest absolute Gasteiger partial charge is 0.353 e. The van der Waals surface area contributed by atoms with Crippen molar-refractivity contribution in [2.24, 2.45) is 5.92 Å². The highest BCUT2D eigenvalue weighted by atomic mass is 35.5. The highest BCUT2D eigenvalue weighted by Crippen LogP contribution is 2.37. The molecule has 0 aromatic carbocycles. The van der Waals surface area contributed by atoms with Crippen LogP contribution >= 0.6 is 11.6 Å². The molecule has 6 heteroatoms. The third-order valence-corrected chi connectivity index (χ3v) is 3.31. The van der Waals surface area contributed by atoms with Gasteiger partial charge in [0.15, 0.2) is 0 Å². The van der Waals surface area contributed by atoms with E-state index in [-0.39, 0.29) is 31.2 Å². The highest BCUT2D eigenvalue weighted by Gasteiger charge is 2.42. The number of carbonyl (C=O) groups excluding carboxylic acids is 1. The van der Waals surface area contributed by atoms with E-state index < -0.39 is 12.1 Å². The first-order valence-electron chi connectivity index (χ1n) is 5.85. The van der Waals surface area contributed by atoms with E-state index in [9.17, 15) is 18.0 Å². The van der Waals surface area contributed by atoms with Gasteiger partial charge in [0.05, 0.1) is 5.92 Å². The van der Waals surface area contributed by atoms with Crippen molar-refractivity contribution in [3.05, 3.63) is 0 Å². The molecule has 0 radical (unpaired) electrons. The second-order valence-corrected chi connectivity index (χ2v) is 4.84. The lowest BCUT2D eigenvalue weighted by Crippen LogP contribution is -2.41. The SMILES string of the molecule is O=C(CCCCl)NC1CCCC(C(F)(F)F)C1. The van der Waals surface area contributed by atoms with Crippen LogP contribution in [0.4, 0.5) is 13.2 Å². The molecule has 17 heavy (non-hydrogen) atoms. The van der Waals surface area contributed by atoms with Crippen molar-refractivity contribution < 1.29 is 18.0 Å². The van der Waals surface area contributed by atoms with Crippen LogP contribution in [-0.4, -0.2) is 24.0 Å². The van der Waals surface area contributed by atoms with Crippen LogP contribution in [0.1, 0.15) is 38.5 Å². The number of amides is 1. The van der Waals surface area contributed by atoms with Crippen molar-refractivity contribution >= 4 is 17.5 Å². The quantitative estimate of drug-likeness (QED) is 0.782. The van der Waals surface area contributed by atoms with Crippen LogP contribution in [0.15, 0.2) is 0 Å². The van der Waals surface area contributed by atoms with E-state index in [0.717, 1.165) is 0 Å². The lowest BCUT2D eigenvalue weighted by Gasteiger charge is -2.31. The molecule has 0 heterocycles. The molecule has 0 aromatic heterocycles. The lowest BCUT2D eigenvalue weighted by molar-refractivity contribution is -0.184. The van der Waals surface area contributed by atoms with Crippen LogP contribution in [0.25, 0.3) is 0 Å². The van der Waals surface area contributed by atoms with Gasteiger partial charge in [0.2, 0.25) is 5.91 Å². The van der Waals surface area contributed by atoms with E-state index in [1.807, 2.05) is 0 Å². The van der Waals surface area contributed by atoms with Crippen LogP contribution in [0.5, 0.6) is 0 Å². The molecule has 1 aliphatic rings. The van der Waals surface area contributed by atoms with Gasteiger partial charge in [-0.15, -0.1) is 11.6 Å². The summed E-state index contributed by atoms with van der Waals surface area (Å²) in [5.41, 5.74) is 0. The first-order chi connectivity index (χ1) is 7.93. The van der Waals surface area contributed by atoms with Crippen molar-refractivity contribution in [3.8, 4) is 0 Å². The van der Waals surface area contributed by atoms with Gasteiger partial charge in [-0.05, 0) is 25.7 Å². The molecule has 0 saturated heterocycles. The molecule has 1 amide bonds. The standard InChI is InChI=1S/C11H17ClF3NO/c12-6-2-5-10(17)16-9-4-1-3-8(7-9)11(13,14)15/h8-9H,1-7H2,(H,16,17). The summed E-state index contributed by atoms with van der Waals surface area (Å²) in [5.74, 6) is -1.07. The minimum absolute atomic E-state index is 0.0100. The molecule has 1 aliphatic carbocycles. The fourth-order valence-corrected chi connectivity index (χ4v) is 2.28. The first kappa shape index (κ1) is 14.6. The topological polar surface area (TPSA) is 29.1 Å². The molecular weight excluding hydrogens is 255 g/mol. The number of alkyl halides is 4. The van der Waals surface area contributed by atoms with Gasteiger partial charge < -0.3 is 5.32 Å². The molecule has 1 saturated carbocycles. The van der Waals surface area contributed by atoms with E-state index in [2.05, 4.69) is 5.32 Å². The number of halogens is 4. The van der Waals surface area contributed by atoms with Gasteiger partial charge in [-0.25, -0.2) is 0 Å². The highest BCUT2D eigenvalue weighted by molar-refractivity contribution is 6.17. The van der Waals surface area contributed by atoms with Gasteiger partial charge in [0.25, 0.3) is 0 Å². The molecule has 1 fully saturated rings. The molecule has 0 aliphatic heterocycles. The van der Waals surface area contributed by atoms with E-state index in [0.29, 0.717) is 25.1 Å². The Morgan fingerprint density at radius 1 is 1.35 bits per heavy atom. The number of nitrogens with one attached hydrogen (secondary N) is 1. The third-order valence-electron chi connectivity index (χ3n) is 3.04. The molecule has 1 rings (SSSR count). The first-order valence-corrected chi connectivity index (χ1v) is 6.39. The Labute approximate surface area is 104 Å². The zero-order valence-electron chi connectivity index (χ0n) is 9.52. The average molecular weight is 272 g/mol. The van der Waals surface area contributed by atoms with Crippen LogP contribution in [-0.2, 0) is 4.79 Å². The molecule has 0 bridgehead atoms. The summed E-state index contributed by atoms with van der Waals surface area (Å²) >= 11 is 5.44. The lowest BCUT2D eigenvalue weighted by atomic mass is 9.85. The predicted molar refractivity (Wildman–Crippen MR) is 59.9 cm³/mol. The monoisotopic (exact) mass is 271 g/mol. The van der Waals surface area contributed by atoms with Gasteiger partial charge >= 0.3 is 6.18 Å². The molecule has 1 N–H and O–H groups in total. The maximum atomic E-state index is 12.5. The maximum absolute atomic E-state index is 12.5. The molecule has 2 unspecified atom stereocenters. The Hall–Kier alpha value is -0.450. The Balaban J connectivity index is 2.37. The van der Waals surface area contributed by atoms with Gasteiger partial charge in [0.1, 0.15) is 0 Å². The van der Waals surface area contributed by atoms with Gasteiger partial charge in [0, 0.05) is 18.3 Å². The summed E-state index contributed by atoms with van der Waals surface area (Å²) in [4.78, 5) is 11.4. The predicted octanol–water partition coefficient (Wildman–Crippen LogP) is 3.24. The van der Waals surface area contributed by atoms with Gasteiger partial charge in [-0.3, -0.25) is 4.79 Å². The van der Waals surface area contributed by atoms with Crippen LogP contribution < -0.4 is 5.32 Å². The number of rotatable bonds is 4. The molecule has 100 valence electrons. The van der Waals surface area contributed by atoms with Gasteiger partial charge in [-0.1, -0.05) is 6.42 Å². The van der Waals surface area contributed by atoms with Crippen molar-refractivity contribution in [1.29, 1.82) is 0 Å². The molecule has 0 spiro atoms. The normalized spacial score (nSPS) is 25.6. The second kappa shape index (κ2) is 6.47. The summed E-state index contributed by atoms with van der Waals surface area (Å²) in [5, 5.41) is 2.66. The van der Waals surface area contributed by atoms with E-state index >= 15 is 0 Å². The summed E-state index contributed by atoms with van der Waals surface area (Å²) in [6, 6.07) is -0.335. The summed E-state index contributed by atoms with van der Waals surface area (Å²) in [6.07, 6.45) is -1.95. The maximum Gasteiger partial charge on any atom is 0.391 e. The zero-order chi connectivity index (χ0) is 12.9. The van der Waals surface area contributed by atoms with Crippen LogP contribution in [0.2, 0.25) is 0 Å². The van der Waals surface area contributed by atoms with E-state index in [1.165, 1.54) is 0 Å². The largest absolute Gasteiger partial charge is 0.391 e. The molecule has 2 nitrogen and oxygen atoms in total. The van der Waals surface area contributed by atoms with Crippen LogP contribution in [0, 0.1) is 5.92 Å². The minimum Gasteiger partial charge on any atom is -0.353 e. The van der Waals surface area contributed by atoms with Crippen molar-refractivity contribution in [1.82, 2.24) is 5.32 Å². The summed E-state index contributed by atoms with van der Waals surface area (Å²) in [6.45, 7) is 0. The summed E-state index contributed by atoms with van der Waals surface area (Å²) < 4.78 is 37.6. The zero-order valence-corrected chi connectivity index (χ0v) is 10.3. The van der Waals surface area contributed by atoms with Gasteiger partial charge in [-0.2, -0.15) is 13.2 Å². The Morgan fingerprint density at radius 2 is 2.06 bits per heavy atom. The summed E-state index contributed by atoms with van der Waals surface area (Å²) in [7, 11) is 0. The third kappa shape index (κ3) is 5.15. The van der Waals surface area contributed by atoms with Crippen molar-refractivity contribution in [2.75, 3.05) is 5.88 Å². The Morgan fingerprint density at radius 3 is 2.65 bits per heavy atom. The van der Waals surface area contributed by atoms with E-state index in [4.69, 9.17) is 11.6 Å². The number of hydrogen-bond donors (Lipinski definition) is 1. The fraction of sp³-hybridized carbons (Fsp3) is 0.909. The van der Waals surface area contributed by atoms with Crippen LogP contribution in [0.3, 0.4) is 0 Å². The minimum atomic E-state index is -4.14. The second-order valence-electron chi connectivity index (χ2n) is 4.46. The Bertz CT molecular complexity index is 258.